The van der Waals surface area contributed by atoms with Crippen LogP contribution in [0.5, 0.6) is 0 Å². The van der Waals surface area contributed by atoms with Crippen LogP contribution in [0.3, 0.4) is 0 Å². The van der Waals surface area contributed by atoms with Gasteiger partial charge in [0.25, 0.3) is 0 Å². The molecule has 0 saturated carbocycles. The summed E-state index contributed by atoms with van der Waals surface area (Å²) in [6.45, 7) is 5.11. The number of anilines is 1. The first kappa shape index (κ1) is 12.1. The van der Waals surface area contributed by atoms with Gasteiger partial charge in [-0.25, -0.2) is 9.97 Å². The van der Waals surface area contributed by atoms with Crippen LogP contribution in [0.25, 0.3) is 0 Å². The Hall–Kier alpha value is -1.94. The van der Waals surface area contributed by atoms with Crippen LogP contribution in [0, 0.1) is 0 Å². The Kier molecular flexibility index (Phi) is 3.17. The van der Waals surface area contributed by atoms with Gasteiger partial charge in [-0.3, -0.25) is 0 Å². The first-order valence-corrected chi connectivity index (χ1v) is 6.58. The van der Waals surface area contributed by atoms with E-state index in [4.69, 9.17) is 0 Å². The minimum Gasteiger partial charge on any atom is -0.366 e. The van der Waals surface area contributed by atoms with E-state index in [2.05, 4.69) is 57.4 Å². The number of hydrogen-bond donors (Lipinski definition) is 1. The van der Waals surface area contributed by atoms with Crippen molar-refractivity contribution >= 4 is 5.69 Å². The molecule has 0 radical (unpaired) electrons. The van der Waals surface area contributed by atoms with E-state index >= 15 is 0 Å². The second-order valence-corrected chi connectivity index (χ2v) is 5.14. The fourth-order valence-corrected chi connectivity index (χ4v) is 2.66. The maximum Gasteiger partial charge on any atom is 0.115 e. The second-order valence-electron chi connectivity index (χ2n) is 5.14. The molecule has 1 aliphatic heterocycles. The Morgan fingerprint density at radius 2 is 1.89 bits per heavy atom. The molecule has 4 heteroatoms. The summed E-state index contributed by atoms with van der Waals surface area (Å²) < 4.78 is 0. The molecule has 0 aliphatic carbocycles. The lowest BCUT2D eigenvalue weighted by atomic mass is 9.89. The number of rotatable bonds is 2. The molecule has 0 amide bonds. The summed E-state index contributed by atoms with van der Waals surface area (Å²) in [5.74, 6) is 0. The van der Waals surface area contributed by atoms with Crippen LogP contribution in [0.15, 0.2) is 49.1 Å². The molecule has 98 valence electrons. The molecule has 1 unspecified atom stereocenters. The van der Waals surface area contributed by atoms with Gasteiger partial charge in [0, 0.05) is 19.6 Å². The molecule has 0 spiro atoms. The van der Waals surface area contributed by atoms with Gasteiger partial charge in [0.1, 0.15) is 6.33 Å². The SMILES string of the molecule is CC1(c2ccccc2)CN(c2cncnc2)CCN1. The van der Waals surface area contributed by atoms with Gasteiger partial charge in [-0.2, -0.15) is 0 Å². The number of nitrogens with one attached hydrogen (secondary N) is 1. The lowest BCUT2D eigenvalue weighted by Gasteiger charge is -2.42. The summed E-state index contributed by atoms with van der Waals surface area (Å²) in [7, 11) is 0. The van der Waals surface area contributed by atoms with E-state index in [0.29, 0.717) is 0 Å². The summed E-state index contributed by atoms with van der Waals surface area (Å²) in [5.41, 5.74) is 2.37. The molecule has 1 N–H and O–H groups in total. The van der Waals surface area contributed by atoms with Crippen molar-refractivity contribution in [2.24, 2.45) is 0 Å². The van der Waals surface area contributed by atoms with Crippen LogP contribution in [-0.2, 0) is 5.54 Å². The molecular weight excluding hydrogens is 236 g/mol. The topological polar surface area (TPSA) is 41.1 Å². The number of nitrogens with zero attached hydrogens (tertiary/aromatic N) is 3. The van der Waals surface area contributed by atoms with Crippen LogP contribution < -0.4 is 10.2 Å². The standard InChI is InChI=1S/C15H18N4/c1-15(13-5-3-2-4-6-13)11-19(8-7-18-15)14-9-16-12-17-10-14/h2-6,9-10,12,18H,7-8,11H2,1H3. The molecule has 1 atom stereocenters. The first-order valence-electron chi connectivity index (χ1n) is 6.58. The molecule has 1 saturated heterocycles. The van der Waals surface area contributed by atoms with Crippen LogP contribution in [0.4, 0.5) is 5.69 Å². The highest BCUT2D eigenvalue weighted by atomic mass is 15.2. The summed E-state index contributed by atoms with van der Waals surface area (Å²) in [6, 6.07) is 10.6. The maximum absolute atomic E-state index is 4.11. The third kappa shape index (κ3) is 2.44. The number of aromatic nitrogens is 2. The zero-order chi connectivity index (χ0) is 13.1. The Labute approximate surface area is 113 Å². The van der Waals surface area contributed by atoms with Crippen molar-refractivity contribution in [3.63, 3.8) is 0 Å². The van der Waals surface area contributed by atoms with Gasteiger partial charge >= 0.3 is 0 Å². The van der Waals surface area contributed by atoms with Gasteiger partial charge in [0.2, 0.25) is 0 Å². The van der Waals surface area contributed by atoms with E-state index in [1.54, 1.807) is 6.33 Å². The van der Waals surface area contributed by atoms with E-state index in [9.17, 15) is 0 Å². The molecule has 3 rings (SSSR count). The number of piperazine rings is 1. The third-order valence-electron chi connectivity index (χ3n) is 3.73. The fourth-order valence-electron chi connectivity index (χ4n) is 2.66. The van der Waals surface area contributed by atoms with E-state index < -0.39 is 0 Å². The molecular formula is C15H18N4. The number of benzene rings is 1. The third-order valence-corrected chi connectivity index (χ3v) is 3.73. The predicted molar refractivity (Wildman–Crippen MR) is 76.0 cm³/mol. The normalized spacial score (nSPS) is 23.3. The van der Waals surface area contributed by atoms with Crippen molar-refractivity contribution in [2.45, 2.75) is 12.5 Å². The van der Waals surface area contributed by atoms with E-state index in [1.165, 1.54) is 5.56 Å². The van der Waals surface area contributed by atoms with Crippen molar-refractivity contribution in [2.75, 3.05) is 24.5 Å². The number of hydrogen-bond acceptors (Lipinski definition) is 4. The molecule has 1 aliphatic rings. The monoisotopic (exact) mass is 254 g/mol. The Morgan fingerprint density at radius 3 is 2.63 bits per heavy atom. The smallest absolute Gasteiger partial charge is 0.115 e. The van der Waals surface area contributed by atoms with Crippen molar-refractivity contribution in [3.8, 4) is 0 Å². The Bertz CT molecular complexity index is 528. The Morgan fingerprint density at radius 1 is 1.16 bits per heavy atom. The zero-order valence-corrected chi connectivity index (χ0v) is 11.1. The fraction of sp³-hybridized carbons (Fsp3) is 0.333. The summed E-state index contributed by atoms with van der Waals surface area (Å²) in [6.07, 6.45) is 5.33. The second kappa shape index (κ2) is 4.97. The lowest BCUT2D eigenvalue weighted by molar-refractivity contribution is 0.332. The van der Waals surface area contributed by atoms with Crippen LogP contribution in [0.1, 0.15) is 12.5 Å². The van der Waals surface area contributed by atoms with Crippen LogP contribution in [0.2, 0.25) is 0 Å². The van der Waals surface area contributed by atoms with Crippen molar-refractivity contribution in [1.29, 1.82) is 0 Å². The highest BCUT2D eigenvalue weighted by Crippen LogP contribution is 2.26. The van der Waals surface area contributed by atoms with Gasteiger partial charge in [-0.15, -0.1) is 0 Å². The minimum atomic E-state index is -0.0324. The highest BCUT2D eigenvalue weighted by molar-refractivity contribution is 5.44. The van der Waals surface area contributed by atoms with E-state index in [1.807, 2.05) is 12.4 Å². The molecule has 2 aromatic rings. The predicted octanol–water partition coefficient (Wildman–Crippen LogP) is 1.80. The zero-order valence-electron chi connectivity index (χ0n) is 11.1. The quantitative estimate of drug-likeness (QED) is 0.887. The maximum atomic E-state index is 4.11. The average molecular weight is 254 g/mol. The van der Waals surface area contributed by atoms with Crippen molar-refractivity contribution in [1.82, 2.24) is 15.3 Å². The van der Waals surface area contributed by atoms with Crippen molar-refractivity contribution in [3.05, 3.63) is 54.6 Å². The van der Waals surface area contributed by atoms with Gasteiger partial charge in [-0.05, 0) is 12.5 Å². The largest absolute Gasteiger partial charge is 0.366 e. The minimum absolute atomic E-state index is 0.0324. The van der Waals surface area contributed by atoms with Crippen LogP contribution >= 0.6 is 0 Å². The molecule has 2 heterocycles. The van der Waals surface area contributed by atoms with Gasteiger partial charge < -0.3 is 10.2 Å². The Balaban J connectivity index is 1.86. The van der Waals surface area contributed by atoms with E-state index in [-0.39, 0.29) is 5.54 Å². The van der Waals surface area contributed by atoms with E-state index in [0.717, 1.165) is 25.3 Å². The lowest BCUT2D eigenvalue weighted by Crippen LogP contribution is -2.56. The average Bonchev–Trinajstić information content (AvgIpc) is 2.49. The summed E-state index contributed by atoms with van der Waals surface area (Å²) in [5, 5.41) is 3.63. The molecule has 4 nitrogen and oxygen atoms in total. The van der Waals surface area contributed by atoms with Gasteiger partial charge in [0.15, 0.2) is 0 Å². The molecule has 0 bridgehead atoms. The van der Waals surface area contributed by atoms with Crippen molar-refractivity contribution < 1.29 is 0 Å². The summed E-state index contributed by atoms with van der Waals surface area (Å²) >= 11 is 0. The highest BCUT2D eigenvalue weighted by Gasteiger charge is 2.32. The van der Waals surface area contributed by atoms with Gasteiger partial charge in [-0.1, -0.05) is 30.3 Å². The molecule has 1 fully saturated rings. The first-order chi connectivity index (χ1) is 9.28. The van der Waals surface area contributed by atoms with Crippen LogP contribution in [-0.4, -0.2) is 29.6 Å². The molecule has 1 aromatic carbocycles. The van der Waals surface area contributed by atoms with Gasteiger partial charge in [0.05, 0.1) is 23.6 Å². The molecule has 1 aromatic heterocycles. The molecule has 19 heavy (non-hydrogen) atoms. The summed E-state index contributed by atoms with van der Waals surface area (Å²) in [4.78, 5) is 10.6.